The monoisotopic (exact) mass is 370 g/mol. The number of anilines is 2. The molecule has 1 aliphatic heterocycles. The second-order valence-corrected chi connectivity index (χ2v) is 7.28. The van der Waals surface area contributed by atoms with E-state index >= 15 is 0 Å². The highest BCUT2D eigenvalue weighted by Crippen LogP contribution is 2.33. The second-order valence-electron chi connectivity index (χ2n) is 6.36. The summed E-state index contributed by atoms with van der Waals surface area (Å²) in [5.74, 6) is 0.154. The molecule has 0 unspecified atom stereocenters. The van der Waals surface area contributed by atoms with Gasteiger partial charge in [-0.2, -0.15) is 5.26 Å². The average Bonchev–Trinajstić information content (AvgIpc) is 3.09. The van der Waals surface area contributed by atoms with Gasteiger partial charge in [0, 0.05) is 24.7 Å². The van der Waals surface area contributed by atoms with E-state index < -0.39 is 10.8 Å². The number of hydrogen-bond donors (Lipinski definition) is 1. The molecule has 134 valence electrons. The Balaban J connectivity index is 1.85. The standard InChI is InChI=1S/C18H18N4O3S/c1-12-4-7-21(8-5-12)15-3-2-13(10-16(15)22(24)25)17(23)20-18-14(11-19)6-9-26-18/h2-3,6,9-10,12H,4-5,7-8H2,1H3,(H,20,23). The molecule has 1 saturated heterocycles. The first kappa shape index (κ1) is 17.9. The number of nitrogens with zero attached hydrogens (tertiary/aromatic N) is 3. The van der Waals surface area contributed by atoms with Crippen LogP contribution in [0.5, 0.6) is 0 Å². The molecule has 1 aromatic heterocycles. The average molecular weight is 370 g/mol. The van der Waals surface area contributed by atoms with Crippen LogP contribution >= 0.6 is 11.3 Å². The SMILES string of the molecule is CC1CCN(c2ccc(C(=O)Nc3sccc3C#N)cc2[N+](=O)[O-])CC1. The van der Waals surface area contributed by atoms with Gasteiger partial charge in [-0.1, -0.05) is 6.92 Å². The molecule has 2 heterocycles. The predicted molar refractivity (Wildman–Crippen MR) is 101 cm³/mol. The molecule has 3 rings (SSSR count). The van der Waals surface area contributed by atoms with Crippen molar-refractivity contribution in [2.45, 2.75) is 19.8 Å². The molecule has 1 N–H and O–H groups in total. The molecule has 1 amide bonds. The van der Waals surface area contributed by atoms with Crippen molar-refractivity contribution in [1.82, 2.24) is 0 Å². The minimum Gasteiger partial charge on any atom is -0.366 e. The lowest BCUT2D eigenvalue weighted by molar-refractivity contribution is -0.384. The van der Waals surface area contributed by atoms with E-state index in [0.29, 0.717) is 22.2 Å². The number of carbonyl (C=O) groups is 1. The quantitative estimate of drug-likeness (QED) is 0.647. The maximum atomic E-state index is 12.4. The van der Waals surface area contributed by atoms with E-state index in [-0.39, 0.29) is 11.3 Å². The van der Waals surface area contributed by atoms with Gasteiger partial charge >= 0.3 is 0 Å². The third-order valence-corrected chi connectivity index (χ3v) is 5.40. The van der Waals surface area contributed by atoms with Crippen LogP contribution in [0.15, 0.2) is 29.6 Å². The summed E-state index contributed by atoms with van der Waals surface area (Å²) in [5, 5.41) is 25.3. The zero-order chi connectivity index (χ0) is 18.7. The van der Waals surface area contributed by atoms with Gasteiger partial charge in [-0.25, -0.2) is 0 Å². The normalized spacial score (nSPS) is 14.7. The number of nitrogens with one attached hydrogen (secondary N) is 1. The summed E-state index contributed by atoms with van der Waals surface area (Å²) in [6, 6.07) is 8.15. The highest BCUT2D eigenvalue weighted by atomic mass is 32.1. The van der Waals surface area contributed by atoms with Crippen molar-refractivity contribution < 1.29 is 9.72 Å². The van der Waals surface area contributed by atoms with Gasteiger partial charge in [-0.3, -0.25) is 14.9 Å². The lowest BCUT2D eigenvalue weighted by Crippen LogP contribution is -2.33. The lowest BCUT2D eigenvalue weighted by atomic mass is 9.98. The van der Waals surface area contributed by atoms with E-state index in [2.05, 4.69) is 12.2 Å². The second kappa shape index (κ2) is 7.54. The Labute approximate surface area is 155 Å². The maximum Gasteiger partial charge on any atom is 0.293 e. The molecule has 2 aromatic rings. The van der Waals surface area contributed by atoms with Crippen LogP contribution in [-0.2, 0) is 0 Å². The highest BCUT2D eigenvalue weighted by Gasteiger charge is 2.25. The molecule has 1 aliphatic rings. The fourth-order valence-corrected chi connectivity index (χ4v) is 3.73. The minimum absolute atomic E-state index is 0.0705. The van der Waals surface area contributed by atoms with E-state index in [1.165, 1.54) is 17.4 Å². The zero-order valence-corrected chi connectivity index (χ0v) is 15.1. The number of hydrogen-bond acceptors (Lipinski definition) is 6. The van der Waals surface area contributed by atoms with Crippen molar-refractivity contribution in [3.8, 4) is 6.07 Å². The van der Waals surface area contributed by atoms with Crippen molar-refractivity contribution in [1.29, 1.82) is 5.26 Å². The largest absolute Gasteiger partial charge is 0.366 e. The van der Waals surface area contributed by atoms with E-state index in [1.807, 2.05) is 11.0 Å². The summed E-state index contributed by atoms with van der Waals surface area (Å²) >= 11 is 1.24. The molecule has 0 bridgehead atoms. The number of nitriles is 1. The summed E-state index contributed by atoms with van der Waals surface area (Å²) in [4.78, 5) is 25.5. The van der Waals surface area contributed by atoms with Gasteiger partial charge in [0.2, 0.25) is 0 Å². The van der Waals surface area contributed by atoms with Gasteiger partial charge in [0.15, 0.2) is 0 Å². The Morgan fingerprint density at radius 3 is 2.77 bits per heavy atom. The maximum absolute atomic E-state index is 12.4. The molecule has 0 spiro atoms. The fourth-order valence-electron chi connectivity index (χ4n) is 3.00. The molecule has 0 atom stereocenters. The Morgan fingerprint density at radius 1 is 1.38 bits per heavy atom. The van der Waals surface area contributed by atoms with Crippen LogP contribution < -0.4 is 10.2 Å². The molecule has 0 saturated carbocycles. The molecule has 0 radical (unpaired) electrons. The van der Waals surface area contributed by atoms with Crippen LogP contribution in [0.1, 0.15) is 35.7 Å². The first-order chi connectivity index (χ1) is 12.5. The van der Waals surface area contributed by atoms with Gasteiger partial charge in [0.05, 0.1) is 10.5 Å². The molecule has 1 fully saturated rings. The minimum atomic E-state index is -0.467. The van der Waals surface area contributed by atoms with Crippen LogP contribution in [0.25, 0.3) is 0 Å². The number of piperidine rings is 1. The number of benzene rings is 1. The van der Waals surface area contributed by atoms with E-state index in [1.54, 1.807) is 23.6 Å². The molecular formula is C18H18N4O3S. The van der Waals surface area contributed by atoms with Crippen LogP contribution in [-0.4, -0.2) is 23.9 Å². The van der Waals surface area contributed by atoms with E-state index in [4.69, 9.17) is 5.26 Å². The van der Waals surface area contributed by atoms with Gasteiger partial charge in [-0.15, -0.1) is 11.3 Å². The summed E-state index contributed by atoms with van der Waals surface area (Å²) in [6.45, 7) is 3.72. The predicted octanol–water partition coefficient (Wildman–Crippen LogP) is 4.02. The topological polar surface area (TPSA) is 99.3 Å². The first-order valence-corrected chi connectivity index (χ1v) is 9.20. The van der Waals surface area contributed by atoms with Crippen LogP contribution in [0.4, 0.5) is 16.4 Å². The van der Waals surface area contributed by atoms with Crippen molar-refractivity contribution in [2.75, 3.05) is 23.3 Å². The summed E-state index contributed by atoms with van der Waals surface area (Å²) < 4.78 is 0. The number of nitro groups is 1. The Bertz CT molecular complexity index is 879. The first-order valence-electron chi connectivity index (χ1n) is 8.32. The van der Waals surface area contributed by atoms with Crippen LogP contribution in [0.2, 0.25) is 0 Å². The van der Waals surface area contributed by atoms with Gasteiger partial charge in [-0.05, 0) is 42.3 Å². The number of rotatable bonds is 4. The molecule has 26 heavy (non-hydrogen) atoms. The van der Waals surface area contributed by atoms with Crippen molar-refractivity contribution in [3.63, 3.8) is 0 Å². The molecule has 8 heteroatoms. The number of amides is 1. The summed E-state index contributed by atoms with van der Waals surface area (Å²) in [7, 11) is 0. The van der Waals surface area contributed by atoms with Crippen LogP contribution in [0, 0.1) is 27.4 Å². The highest BCUT2D eigenvalue weighted by molar-refractivity contribution is 7.14. The molecular weight excluding hydrogens is 352 g/mol. The molecule has 1 aromatic carbocycles. The van der Waals surface area contributed by atoms with Gasteiger partial charge in [0.25, 0.3) is 11.6 Å². The smallest absolute Gasteiger partial charge is 0.293 e. The third-order valence-electron chi connectivity index (χ3n) is 4.57. The third kappa shape index (κ3) is 3.68. The van der Waals surface area contributed by atoms with Crippen LogP contribution in [0.3, 0.4) is 0 Å². The van der Waals surface area contributed by atoms with Gasteiger partial charge < -0.3 is 10.2 Å². The Morgan fingerprint density at radius 2 is 2.12 bits per heavy atom. The Kier molecular flexibility index (Phi) is 5.19. The molecule has 0 aliphatic carbocycles. The van der Waals surface area contributed by atoms with Crippen molar-refractivity contribution in [2.24, 2.45) is 5.92 Å². The summed E-state index contributed by atoms with van der Waals surface area (Å²) in [6.07, 6.45) is 1.99. The Hall–Kier alpha value is -2.92. The van der Waals surface area contributed by atoms with Crippen molar-refractivity contribution in [3.05, 3.63) is 50.9 Å². The lowest BCUT2D eigenvalue weighted by Gasteiger charge is -2.31. The fraction of sp³-hybridized carbons (Fsp3) is 0.333. The van der Waals surface area contributed by atoms with Crippen molar-refractivity contribution >= 4 is 33.6 Å². The zero-order valence-electron chi connectivity index (χ0n) is 14.3. The number of thiophene rings is 1. The van der Waals surface area contributed by atoms with E-state index in [9.17, 15) is 14.9 Å². The summed E-state index contributed by atoms with van der Waals surface area (Å²) in [5.41, 5.74) is 1.05. The van der Waals surface area contributed by atoms with Gasteiger partial charge in [0.1, 0.15) is 16.8 Å². The van der Waals surface area contributed by atoms with E-state index in [0.717, 1.165) is 25.9 Å². The molecule has 7 nitrogen and oxygen atoms in total. The number of carbonyl (C=O) groups excluding carboxylic acids is 1. The number of nitro benzene ring substituents is 1.